The van der Waals surface area contributed by atoms with E-state index in [-0.39, 0.29) is 0 Å². The molecule has 28 heavy (non-hydrogen) atoms. The average Bonchev–Trinajstić information content (AvgIpc) is 2.69. The predicted octanol–water partition coefficient (Wildman–Crippen LogP) is 8.61. The number of aryl methyl sites for hydroxylation is 1. The molecule has 0 radical (unpaired) electrons. The van der Waals surface area contributed by atoms with E-state index in [1.807, 2.05) is 30.3 Å². The Kier molecular flexibility index (Phi) is 5.26. The van der Waals surface area contributed by atoms with Crippen LogP contribution in [0.3, 0.4) is 0 Å². The molecule has 0 N–H and O–H groups in total. The monoisotopic (exact) mass is 402 g/mol. The van der Waals surface area contributed by atoms with Crippen LogP contribution in [0.5, 0.6) is 0 Å². The molecule has 0 aromatic heterocycles. The van der Waals surface area contributed by atoms with E-state index in [2.05, 4.69) is 68.4 Å². The van der Waals surface area contributed by atoms with Gasteiger partial charge in [-0.25, -0.2) is 0 Å². The average molecular weight is 403 g/mol. The summed E-state index contributed by atoms with van der Waals surface area (Å²) in [6.45, 7) is 4.29. The van der Waals surface area contributed by atoms with Gasteiger partial charge in [0.05, 0.1) is 0 Å². The van der Waals surface area contributed by atoms with Crippen molar-refractivity contribution in [3.8, 4) is 33.4 Å². The lowest BCUT2D eigenvalue weighted by atomic mass is 9.86. The van der Waals surface area contributed by atoms with Gasteiger partial charge in [-0.1, -0.05) is 89.4 Å². The van der Waals surface area contributed by atoms with Gasteiger partial charge in [-0.05, 0) is 77.1 Å². The Morgan fingerprint density at radius 1 is 0.536 bits per heavy atom. The molecule has 0 atom stereocenters. The van der Waals surface area contributed by atoms with Crippen molar-refractivity contribution in [2.45, 2.75) is 13.8 Å². The molecule has 2 heteroatoms. The molecular weight excluding hydrogens is 383 g/mol. The molecule has 0 saturated carbocycles. The summed E-state index contributed by atoms with van der Waals surface area (Å²) in [6.07, 6.45) is 0. The number of hydrogen-bond donors (Lipinski definition) is 0. The van der Waals surface area contributed by atoms with Crippen molar-refractivity contribution in [2.75, 3.05) is 0 Å². The molecule has 0 heterocycles. The van der Waals surface area contributed by atoms with Crippen molar-refractivity contribution >= 4 is 23.2 Å². The highest BCUT2D eigenvalue weighted by Crippen LogP contribution is 2.40. The van der Waals surface area contributed by atoms with E-state index in [9.17, 15) is 0 Å². The van der Waals surface area contributed by atoms with Crippen LogP contribution in [0.2, 0.25) is 10.0 Å². The van der Waals surface area contributed by atoms with Crippen molar-refractivity contribution < 1.29 is 0 Å². The zero-order chi connectivity index (χ0) is 19.7. The molecule has 4 aromatic rings. The molecule has 0 unspecified atom stereocenters. The van der Waals surface area contributed by atoms with Crippen LogP contribution in [0.4, 0.5) is 0 Å². The highest BCUT2D eigenvalue weighted by atomic mass is 35.5. The van der Waals surface area contributed by atoms with E-state index in [4.69, 9.17) is 23.2 Å². The van der Waals surface area contributed by atoms with Crippen LogP contribution >= 0.6 is 23.2 Å². The van der Waals surface area contributed by atoms with Crippen molar-refractivity contribution in [1.29, 1.82) is 0 Å². The van der Waals surface area contributed by atoms with Crippen molar-refractivity contribution in [3.05, 3.63) is 106 Å². The third-order valence-corrected chi connectivity index (χ3v) is 5.58. The molecule has 0 spiro atoms. The van der Waals surface area contributed by atoms with Crippen molar-refractivity contribution in [1.82, 2.24) is 0 Å². The SMILES string of the molecule is Cc1ccc(-c2ccc(-c3ccc(Cl)cc3)c(-c3cccc(Cl)c3)c2C)cc1. The van der Waals surface area contributed by atoms with Gasteiger partial charge >= 0.3 is 0 Å². The summed E-state index contributed by atoms with van der Waals surface area (Å²) in [5, 5.41) is 1.47. The molecule has 0 saturated heterocycles. The van der Waals surface area contributed by atoms with Crippen LogP contribution in [0.1, 0.15) is 11.1 Å². The normalized spacial score (nSPS) is 10.9. The van der Waals surface area contributed by atoms with Gasteiger partial charge in [0, 0.05) is 10.0 Å². The van der Waals surface area contributed by atoms with E-state index in [0.717, 1.165) is 21.2 Å². The van der Waals surface area contributed by atoms with Crippen LogP contribution < -0.4 is 0 Å². The van der Waals surface area contributed by atoms with E-state index in [0.29, 0.717) is 0 Å². The van der Waals surface area contributed by atoms with Gasteiger partial charge in [0.1, 0.15) is 0 Å². The fourth-order valence-corrected chi connectivity index (χ4v) is 3.96. The maximum absolute atomic E-state index is 6.32. The lowest BCUT2D eigenvalue weighted by molar-refractivity contribution is 1.42. The lowest BCUT2D eigenvalue weighted by Gasteiger charge is -2.18. The third-order valence-electron chi connectivity index (χ3n) is 5.10. The molecule has 0 bridgehead atoms. The molecule has 4 aromatic carbocycles. The fraction of sp³-hybridized carbons (Fsp3) is 0.0769. The minimum Gasteiger partial charge on any atom is -0.0843 e. The second-order valence-electron chi connectivity index (χ2n) is 7.04. The topological polar surface area (TPSA) is 0 Å². The summed E-state index contributed by atoms with van der Waals surface area (Å²) >= 11 is 12.4. The molecule has 0 nitrogen and oxygen atoms in total. The Balaban J connectivity index is 1.98. The van der Waals surface area contributed by atoms with Crippen LogP contribution in [-0.4, -0.2) is 0 Å². The fourth-order valence-electron chi connectivity index (χ4n) is 3.64. The summed E-state index contributed by atoms with van der Waals surface area (Å²) in [4.78, 5) is 0. The van der Waals surface area contributed by atoms with Crippen LogP contribution in [0.15, 0.2) is 84.9 Å². The van der Waals surface area contributed by atoms with Crippen LogP contribution in [0.25, 0.3) is 33.4 Å². The Morgan fingerprint density at radius 3 is 1.82 bits per heavy atom. The van der Waals surface area contributed by atoms with E-state index < -0.39 is 0 Å². The van der Waals surface area contributed by atoms with Gasteiger partial charge in [0.25, 0.3) is 0 Å². The standard InChI is InChI=1S/C26H20Cl2/c1-17-6-8-19(9-7-17)24-14-15-25(20-10-12-22(27)13-11-20)26(18(24)2)21-4-3-5-23(28)16-21/h3-16H,1-2H3. The molecule has 4 rings (SSSR count). The molecule has 0 aliphatic rings. The first-order valence-electron chi connectivity index (χ1n) is 9.25. The quantitative estimate of drug-likeness (QED) is 0.321. The second-order valence-corrected chi connectivity index (χ2v) is 7.92. The summed E-state index contributed by atoms with van der Waals surface area (Å²) in [5.74, 6) is 0. The molecular formula is C26H20Cl2. The van der Waals surface area contributed by atoms with E-state index >= 15 is 0 Å². The van der Waals surface area contributed by atoms with Crippen molar-refractivity contribution in [2.24, 2.45) is 0 Å². The zero-order valence-corrected chi connectivity index (χ0v) is 17.4. The summed E-state index contributed by atoms with van der Waals surface area (Å²) in [7, 11) is 0. The predicted molar refractivity (Wildman–Crippen MR) is 122 cm³/mol. The Morgan fingerprint density at radius 2 is 1.14 bits per heavy atom. The molecule has 0 aliphatic carbocycles. The largest absolute Gasteiger partial charge is 0.0843 e. The van der Waals surface area contributed by atoms with Gasteiger partial charge in [-0.15, -0.1) is 0 Å². The van der Waals surface area contributed by atoms with Crippen molar-refractivity contribution in [3.63, 3.8) is 0 Å². The third kappa shape index (κ3) is 3.71. The maximum atomic E-state index is 6.32. The highest BCUT2D eigenvalue weighted by molar-refractivity contribution is 6.31. The minimum absolute atomic E-state index is 0.736. The Hall–Kier alpha value is -2.54. The summed E-state index contributed by atoms with van der Waals surface area (Å²) in [5.41, 5.74) is 9.56. The van der Waals surface area contributed by atoms with Crippen LogP contribution in [-0.2, 0) is 0 Å². The first-order valence-corrected chi connectivity index (χ1v) is 10.0. The molecule has 0 aliphatic heterocycles. The number of hydrogen-bond acceptors (Lipinski definition) is 0. The Labute approximate surface area is 176 Å². The second kappa shape index (κ2) is 7.83. The van der Waals surface area contributed by atoms with Gasteiger partial charge in [-0.3, -0.25) is 0 Å². The smallest absolute Gasteiger partial charge is 0.0412 e. The number of rotatable bonds is 3. The van der Waals surface area contributed by atoms with Gasteiger partial charge < -0.3 is 0 Å². The molecule has 0 fully saturated rings. The Bertz CT molecular complexity index is 1120. The first kappa shape index (κ1) is 18.8. The lowest BCUT2D eigenvalue weighted by Crippen LogP contribution is -1.93. The van der Waals surface area contributed by atoms with E-state index in [1.165, 1.54) is 33.4 Å². The van der Waals surface area contributed by atoms with Crippen LogP contribution in [0, 0.1) is 13.8 Å². The first-order chi connectivity index (χ1) is 13.5. The number of halogens is 2. The van der Waals surface area contributed by atoms with Gasteiger partial charge in [0.2, 0.25) is 0 Å². The highest BCUT2D eigenvalue weighted by Gasteiger charge is 2.15. The molecule has 138 valence electrons. The zero-order valence-electron chi connectivity index (χ0n) is 15.8. The minimum atomic E-state index is 0.736. The summed E-state index contributed by atoms with van der Waals surface area (Å²) < 4.78 is 0. The van der Waals surface area contributed by atoms with Gasteiger partial charge in [0.15, 0.2) is 0 Å². The van der Waals surface area contributed by atoms with E-state index in [1.54, 1.807) is 0 Å². The summed E-state index contributed by atoms with van der Waals surface area (Å²) in [6, 6.07) is 29.1. The maximum Gasteiger partial charge on any atom is 0.0412 e. The molecule has 0 amide bonds. The number of benzene rings is 4. The van der Waals surface area contributed by atoms with Gasteiger partial charge in [-0.2, -0.15) is 0 Å².